The van der Waals surface area contributed by atoms with E-state index in [1.54, 1.807) is 28.6 Å². The second-order valence-electron chi connectivity index (χ2n) is 8.03. The predicted molar refractivity (Wildman–Crippen MR) is 112 cm³/mol. The lowest BCUT2D eigenvalue weighted by Crippen LogP contribution is -2.42. The summed E-state index contributed by atoms with van der Waals surface area (Å²) in [5, 5.41) is 18.8. The van der Waals surface area contributed by atoms with Crippen LogP contribution in [0.2, 0.25) is 0 Å². The third-order valence-electron chi connectivity index (χ3n) is 5.20. The zero-order valence-corrected chi connectivity index (χ0v) is 17.9. The van der Waals surface area contributed by atoms with Crippen LogP contribution in [0, 0.1) is 11.3 Å². The Hall–Kier alpha value is -2.48. The summed E-state index contributed by atoms with van der Waals surface area (Å²) >= 11 is 1.56. The summed E-state index contributed by atoms with van der Waals surface area (Å²) in [6.45, 7) is 8.50. The van der Waals surface area contributed by atoms with Crippen molar-refractivity contribution in [3.8, 4) is 11.5 Å². The third-order valence-corrected chi connectivity index (χ3v) is 5.92. The van der Waals surface area contributed by atoms with E-state index in [-0.39, 0.29) is 28.9 Å². The molecule has 0 radical (unpaired) electrons. The van der Waals surface area contributed by atoms with Crippen LogP contribution in [0.5, 0.6) is 11.5 Å². The molecule has 7 nitrogen and oxygen atoms in total. The molecule has 0 amide bonds. The zero-order valence-electron chi connectivity index (χ0n) is 17.1. The fourth-order valence-corrected chi connectivity index (χ4v) is 4.67. The molecule has 0 unspecified atom stereocenters. The summed E-state index contributed by atoms with van der Waals surface area (Å²) in [6.07, 6.45) is 2.61. The molecule has 2 heterocycles. The molecule has 1 aliphatic carbocycles. The standard InChI is InChI=1S/C21H26N4O3S/c1-5-28-16-9-12(7-8-14(16)26)18-17-13(10-21(3,4)11-15(17)27)22-19-23-20(29-6-2)24-25(18)19/h7-10,17-18,26H,5-6,11H2,1-4H3,(H,22,23,24)/t17-,18-/m1/s1. The molecule has 1 aromatic carbocycles. The van der Waals surface area contributed by atoms with Crippen molar-refractivity contribution in [2.75, 3.05) is 17.7 Å². The molecule has 2 atom stereocenters. The number of fused-ring (bicyclic) bond motifs is 2. The van der Waals surface area contributed by atoms with Gasteiger partial charge >= 0.3 is 0 Å². The fourth-order valence-electron chi connectivity index (χ4n) is 4.12. The Morgan fingerprint density at radius 2 is 2.17 bits per heavy atom. The van der Waals surface area contributed by atoms with E-state index < -0.39 is 0 Å². The Morgan fingerprint density at radius 3 is 2.90 bits per heavy atom. The van der Waals surface area contributed by atoms with Gasteiger partial charge in [0.05, 0.1) is 18.6 Å². The normalized spacial score (nSPS) is 22.3. The number of hydrogen-bond donors (Lipinski definition) is 2. The molecule has 0 bridgehead atoms. The number of nitrogens with zero attached hydrogens (tertiary/aromatic N) is 3. The van der Waals surface area contributed by atoms with E-state index in [0.717, 1.165) is 17.0 Å². The van der Waals surface area contributed by atoms with Crippen LogP contribution in [0.15, 0.2) is 35.1 Å². The summed E-state index contributed by atoms with van der Waals surface area (Å²) in [4.78, 5) is 17.8. The molecule has 1 aromatic heterocycles. The zero-order chi connectivity index (χ0) is 20.8. The van der Waals surface area contributed by atoms with Gasteiger partial charge in [0.15, 0.2) is 11.5 Å². The highest BCUT2D eigenvalue weighted by molar-refractivity contribution is 7.99. The fraction of sp³-hybridized carbons (Fsp3) is 0.476. The van der Waals surface area contributed by atoms with Crippen molar-refractivity contribution in [1.82, 2.24) is 14.8 Å². The highest BCUT2D eigenvalue weighted by Crippen LogP contribution is 2.46. The Morgan fingerprint density at radius 1 is 1.38 bits per heavy atom. The number of benzene rings is 1. The molecule has 0 saturated carbocycles. The van der Waals surface area contributed by atoms with Crippen LogP contribution in [0.4, 0.5) is 5.95 Å². The maximum absolute atomic E-state index is 13.2. The van der Waals surface area contributed by atoms with Gasteiger partial charge in [0.1, 0.15) is 5.78 Å². The molecule has 1 aliphatic heterocycles. The second kappa shape index (κ2) is 7.40. The molecule has 0 spiro atoms. The highest BCUT2D eigenvalue weighted by Gasteiger charge is 2.45. The number of ketones is 1. The first kappa shape index (κ1) is 19.8. The van der Waals surface area contributed by atoms with E-state index in [4.69, 9.17) is 4.74 Å². The molecule has 8 heteroatoms. The Labute approximate surface area is 174 Å². The minimum Gasteiger partial charge on any atom is -0.504 e. The van der Waals surface area contributed by atoms with Gasteiger partial charge in [-0.3, -0.25) is 4.79 Å². The molecule has 154 valence electrons. The third kappa shape index (κ3) is 3.61. The average molecular weight is 415 g/mol. The smallest absolute Gasteiger partial charge is 0.227 e. The summed E-state index contributed by atoms with van der Waals surface area (Å²) in [7, 11) is 0. The maximum Gasteiger partial charge on any atom is 0.227 e. The number of carbonyl (C=O) groups excluding carboxylic acids is 1. The lowest BCUT2D eigenvalue weighted by Gasteiger charge is -2.40. The number of aromatic hydroxyl groups is 1. The summed E-state index contributed by atoms with van der Waals surface area (Å²) in [5.74, 6) is 1.77. The van der Waals surface area contributed by atoms with Gasteiger partial charge in [0.25, 0.3) is 0 Å². The number of allylic oxidation sites excluding steroid dienone is 2. The van der Waals surface area contributed by atoms with Gasteiger partial charge in [-0.1, -0.05) is 44.7 Å². The van der Waals surface area contributed by atoms with E-state index in [1.165, 1.54) is 0 Å². The van der Waals surface area contributed by atoms with Crippen LogP contribution in [-0.2, 0) is 4.79 Å². The molecule has 0 fully saturated rings. The van der Waals surface area contributed by atoms with Crippen LogP contribution in [-0.4, -0.2) is 38.0 Å². The number of thioether (sulfide) groups is 1. The van der Waals surface area contributed by atoms with E-state index in [9.17, 15) is 9.90 Å². The topological polar surface area (TPSA) is 89.3 Å². The molecule has 0 saturated heterocycles. The number of phenols is 1. The van der Waals surface area contributed by atoms with Gasteiger partial charge in [-0.15, -0.1) is 5.10 Å². The first-order chi connectivity index (χ1) is 13.8. The molecule has 4 rings (SSSR count). The van der Waals surface area contributed by atoms with Crippen molar-refractivity contribution in [2.24, 2.45) is 11.3 Å². The largest absolute Gasteiger partial charge is 0.504 e. The Kier molecular flexibility index (Phi) is 5.06. The predicted octanol–water partition coefficient (Wildman–Crippen LogP) is 4.01. The average Bonchev–Trinajstić information content (AvgIpc) is 3.03. The molecule has 29 heavy (non-hydrogen) atoms. The van der Waals surface area contributed by atoms with Crippen molar-refractivity contribution in [2.45, 2.75) is 45.3 Å². The summed E-state index contributed by atoms with van der Waals surface area (Å²) < 4.78 is 7.39. The minimum absolute atomic E-state index is 0.0810. The van der Waals surface area contributed by atoms with E-state index in [1.807, 2.05) is 13.0 Å². The summed E-state index contributed by atoms with van der Waals surface area (Å²) in [6, 6.07) is 4.90. The number of nitrogens with one attached hydrogen (secondary N) is 1. The Balaban J connectivity index is 1.88. The van der Waals surface area contributed by atoms with Gasteiger partial charge in [-0.25, -0.2) is 4.68 Å². The van der Waals surface area contributed by atoms with Crippen molar-refractivity contribution in [1.29, 1.82) is 0 Å². The van der Waals surface area contributed by atoms with E-state index in [0.29, 0.717) is 29.9 Å². The second-order valence-corrected chi connectivity index (χ2v) is 9.27. The van der Waals surface area contributed by atoms with Crippen molar-refractivity contribution in [3.63, 3.8) is 0 Å². The van der Waals surface area contributed by atoms with Gasteiger partial charge in [-0.05, 0) is 35.8 Å². The number of aromatic nitrogens is 3. The van der Waals surface area contributed by atoms with Crippen LogP contribution in [0.1, 0.15) is 45.7 Å². The van der Waals surface area contributed by atoms with Crippen molar-refractivity contribution < 1.29 is 14.6 Å². The molecular formula is C21H26N4O3S. The molecular weight excluding hydrogens is 388 g/mol. The number of Topliss-reactive ketones (excluding diaryl/α,β-unsaturated/α-hetero) is 1. The number of hydrogen-bond acceptors (Lipinski definition) is 7. The minimum atomic E-state index is -0.379. The summed E-state index contributed by atoms with van der Waals surface area (Å²) in [5.41, 5.74) is 1.51. The maximum atomic E-state index is 13.2. The van der Waals surface area contributed by atoms with E-state index >= 15 is 0 Å². The quantitative estimate of drug-likeness (QED) is 0.715. The highest BCUT2D eigenvalue weighted by atomic mass is 32.2. The first-order valence-corrected chi connectivity index (χ1v) is 10.9. The van der Waals surface area contributed by atoms with Gasteiger partial charge in [0.2, 0.25) is 11.1 Å². The monoisotopic (exact) mass is 414 g/mol. The molecule has 2 N–H and O–H groups in total. The number of carbonyl (C=O) groups is 1. The van der Waals surface area contributed by atoms with Crippen molar-refractivity contribution in [3.05, 3.63) is 35.5 Å². The molecule has 2 aliphatic rings. The molecule has 2 aromatic rings. The van der Waals surface area contributed by atoms with Gasteiger partial charge in [-0.2, -0.15) is 4.98 Å². The lowest BCUT2D eigenvalue weighted by atomic mass is 9.72. The van der Waals surface area contributed by atoms with Crippen molar-refractivity contribution >= 4 is 23.5 Å². The van der Waals surface area contributed by atoms with Crippen LogP contribution in [0.3, 0.4) is 0 Å². The van der Waals surface area contributed by atoms with Crippen LogP contribution in [0.25, 0.3) is 0 Å². The Bertz CT molecular complexity index is 982. The van der Waals surface area contributed by atoms with Gasteiger partial charge in [0, 0.05) is 12.1 Å². The van der Waals surface area contributed by atoms with Crippen LogP contribution < -0.4 is 10.1 Å². The number of rotatable bonds is 5. The first-order valence-electron chi connectivity index (χ1n) is 9.90. The number of ether oxygens (including phenoxy) is 1. The van der Waals surface area contributed by atoms with Gasteiger partial charge < -0.3 is 15.2 Å². The van der Waals surface area contributed by atoms with E-state index in [2.05, 4.69) is 42.2 Å². The lowest BCUT2D eigenvalue weighted by molar-refractivity contribution is -0.125. The van der Waals surface area contributed by atoms with Crippen LogP contribution >= 0.6 is 11.8 Å². The number of phenolic OH excluding ortho intramolecular Hbond substituents is 1. The SMILES string of the molecule is CCOc1cc([C@@H]2[C@H]3C(=O)CC(C)(C)C=C3Nc3nc(SCC)nn32)ccc1O. The number of anilines is 1.